The van der Waals surface area contributed by atoms with Crippen molar-refractivity contribution in [2.75, 3.05) is 0 Å². The second-order valence-corrected chi connectivity index (χ2v) is 4.01. The molecule has 0 heterocycles. The number of hydrogen-bond acceptors (Lipinski definition) is 2. The minimum absolute atomic E-state index is 0.469. The Bertz CT molecular complexity index is 130. The summed E-state index contributed by atoms with van der Waals surface area (Å²) >= 11 is 0. The van der Waals surface area contributed by atoms with Crippen molar-refractivity contribution in [2.45, 2.75) is 56.7 Å². The summed E-state index contributed by atoms with van der Waals surface area (Å²) < 4.78 is 0. The summed E-state index contributed by atoms with van der Waals surface area (Å²) in [6, 6.07) is 1.93. The third kappa shape index (κ3) is 1.94. The first kappa shape index (κ1) is 7.56. The lowest BCUT2D eigenvalue weighted by atomic mass is 9.95. The van der Waals surface area contributed by atoms with E-state index in [9.17, 15) is 0 Å². The summed E-state index contributed by atoms with van der Waals surface area (Å²) in [5.41, 5.74) is 5.72. The summed E-state index contributed by atoms with van der Waals surface area (Å²) in [5, 5.41) is 3.62. The Balaban J connectivity index is 1.68. The molecule has 0 amide bonds. The molecule has 0 radical (unpaired) electrons. The second kappa shape index (κ2) is 3.11. The van der Waals surface area contributed by atoms with Crippen molar-refractivity contribution in [3.05, 3.63) is 0 Å². The summed E-state index contributed by atoms with van der Waals surface area (Å²) in [5.74, 6) is 0. The average Bonchev–Trinajstić information content (AvgIpc) is 2.69. The van der Waals surface area contributed by atoms with Gasteiger partial charge in [-0.2, -0.15) is 0 Å². The fraction of sp³-hybridized carbons (Fsp3) is 1.00. The zero-order valence-corrected chi connectivity index (χ0v) is 7.05. The lowest BCUT2D eigenvalue weighted by molar-refractivity contribution is 0.369. The van der Waals surface area contributed by atoms with Gasteiger partial charge in [-0.25, -0.2) is 0 Å². The Morgan fingerprint density at radius 3 is 2.27 bits per heavy atom. The second-order valence-electron chi connectivity index (χ2n) is 4.01. The molecule has 2 aliphatic rings. The zero-order valence-electron chi connectivity index (χ0n) is 7.05. The van der Waals surface area contributed by atoms with Crippen LogP contribution in [0.2, 0.25) is 0 Å². The van der Waals surface area contributed by atoms with Gasteiger partial charge in [0.1, 0.15) is 0 Å². The fourth-order valence-electron chi connectivity index (χ4n) is 1.98. The van der Waals surface area contributed by atoms with Gasteiger partial charge < -0.3 is 11.1 Å². The van der Waals surface area contributed by atoms with Crippen LogP contribution in [0.25, 0.3) is 0 Å². The minimum atomic E-state index is 0.469. The molecule has 0 aromatic heterocycles. The van der Waals surface area contributed by atoms with Crippen LogP contribution in [0.3, 0.4) is 0 Å². The highest BCUT2D eigenvalue weighted by atomic mass is 15.0. The maximum absolute atomic E-state index is 5.72. The van der Waals surface area contributed by atoms with Crippen molar-refractivity contribution >= 4 is 0 Å². The molecule has 2 heteroatoms. The number of nitrogens with two attached hydrogens (primary N) is 1. The molecular formula is C9H18N2. The van der Waals surface area contributed by atoms with Gasteiger partial charge in [-0.05, 0) is 19.3 Å². The molecule has 0 spiro atoms. The van der Waals surface area contributed by atoms with Gasteiger partial charge in [0.25, 0.3) is 0 Å². The van der Waals surface area contributed by atoms with Gasteiger partial charge in [-0.15, -0.1) is 0 Å². The molecular weight excluding hydrogens is 136 g/mol. The van der Waals surface area contributed by atoms with E-state index < -0.39 is 0 Å². The number of hydrogen-bond donors (Lipinski definition) is 2. The molecule has 2 nitrogen and oxygen atoms in total. The van der Waals surface area contributed by atoms with Crippen LogP contribution >= 0.6 is 0 Å². The van der Waals surface area contributed by atoms with Crippen LogP contribution in [0.5, 0.6) is 0 Å². The largest absolute Gasteiger partial charge is 0.326 e. The third-order valence-electron chi connectivity index (χ3n) is 2.89. The monoisotopic (exact) mass is 154 g/mol. The number of rotatable bonds is 2. The smallest absolute Gasteiger partial charge is 0.0237 e. The SMILES string of the molecule is NC1CC1NC1CCCCC1. The molecule has 0 aromatic carbocycles. The lowest BCUT2D eigenvalue weighted by Crippen LogP contribution is -2.35. The van der Waals surface area contributed by atoms with Gasteiger partial charge in [0, 0.05) is 18.1 Å². The van der Waals surface area contributed by atoms with Crippen LogP contribution in [-0.2, 0) is 0 Å². The first-order chi connectivity index (χ1) is 5.36. The van der Waals surface area contributed by atoms with E-state index in [2.05, 4.69) is 5.32 Å². The highest BCUT2D eigenvalue weighted by Crippen LogP contribution is 2.23. The van der Waals surface area contributed by atoms with Crippen molar-refractivity contribution in [1.29, 1.82) is 0 Å². The standard InChI is InChI=1S/C9H18N2/c10-8-6-9(8)11-7-4-2-1-3-5-7/h7-9,11H,1-6,10H2. The van der Waals surface area contributed by atoms with Crippen LogP contribution in [0.1, 0.15) is 38.5 Å². The predicted molar refractivity (Wildman–Crippen MR) is 46.4 cm³/mol. The molecule has 0 aromatic rings. The molecule has 2 aliphatic carbocycles. The van der Waals surface area contributed by atoms with Crippen LogP contribution < -0.4 is 11.1 Å². The first-order valence-electron chi connectivity index (χ1n) is 4.88. The molecule has 11 heavy (non-hydrogen) atoms. The van der Waals surface area contributed by atoms with Crippen molar-refractivity contribution in [3.63, 3.8) is 0 Å². The Kier molecular flexibility index (Phi) is 2.14. The number of nitrogens with one attached hydrogen (secondary N) is 1. The molecule has 2 saturated carbocycles. The van der Waals surface area contributed by atoms with E-state index in [4.69, 9.17) is 5.73 Å². The van der Waals surface area contributed by atoms with Crippen molar-refractivity contribution < 1.29 is 0 Å². The van der Waals surface area contributed by atoms with Gasteiger partial charge in [-0.3, -0.25) is 0 Å². The molecule has 64 valence electrons. The summed E-state index contributed by atoms with van der Waals surface area (Å²) in [4.78, 5) is 0. The van der Waals surface area contributed by atoms with E-state index in [1.54, 1.807) is 0 Å². The normalized spacial score (nSPS) is 39.0. The molecule has 2 unspecified atom stereocenters. The molecule has 3 N–H and O–H groups in total. The van der Waals surface area contributed by atoms with Crippen molar-refractivity contribution in [3.8, 4) is 0 Å². The lowest BCUT2D eigenvalue weighted by Gasteiger charge is -2.22. The van der Waals surface area contributed by atoms with Gasteiger partial charge in [-0.1, -0.05) is 19.3 Å². The van der Waals surface area contributed by atoms with Gasteiger partial charge >= 0.3 is 0 Å². The maximum Gasteiger partial charge on any atom is 0.0237 e. The van der Waals surface area contributed by atoms with E-state index in [1.165, 1.54) is 38.5 Å². The Labute approximate surface area is 68.5 Å². The fourth-order valence-corrected chi connectivity index (χ4v) is 1.98. The minimum Gasteiger partial charge on any atom is -0.326 e. The van der Waals surface area contributed by atoms with Crippen LogP contribution in [0.15, 0.2) is 0 Å². The van der Waals surface area contributed by atoms with Crippen LogP contribution in [-0.4, -0.2) is 18.1 Å². The van der Waals surface area contributed by atoms with Crippen LogP contribution in [0.4, 0.5) is 0 Å². The van der Waals surface area contributed by atoms with E-state index in [0.29, 0.717) is 12.1 Å². The van der Waals surface area contributed by atoms with Gasteiger partial charge in [0.2, 0.25) is 0 Å². The Morgan fingerprint density at radius 2 is 1.73 bits per heavy atom. The summed E-state index contributed by atoms with van der Waals surface area (Å²) in [6.07, 6.45) is 8.23. The predicted octanol–water partition coefficient (Wildman–Crippen LogP) is 1.01. The molecule has 2 rings (SSSR count). The van der Waals surface area contributed by atoms with E-state index in [1.807, 2.05) is 0 Å². The highest BCUT2D eigenvalue weighted by Gasteiger charge is 2.34. The van der Waals surface area contributed by atoms with Crippen LogP contribution in [0, 0.1) is 0 Å². The van der Waals surface area contributed by atoms with E-state index >= 15 is 0 Å². The molecule has 0 aliphatic heterocycles. The quantitative estimate of drug-likeness (QED) is 0.623. The van der Waals surface area contributed by atoms with E-state index in [0.717, 1.165) is 6.04 Å². The van der Waals surface area contributed by atoms with Gasteiger partial charge in [0.15, 0.2) is 0 Å². The van der Waals surface area contributed by atoms with Crippen molar-refractivity contribution in [2.24, 2.45) is 5.73 Å². The highest BCUT2D eigenvalue weighted by molar-refractivity contribution is 4.98. The summed E-state index contributed by atoms with van der Waals surface area (Å²) in [6.45, 7) is 0. The maximum atomic E-state index is 5.72. The Morgan fingerprint density at radius 1 is 1.09 bits per heavy atom. The third-order valence-corrected chi connectivity index (χ3v) is 2.89. The first-order valence-corrected chi connectivity index (χ1v) is 4.88. The Hall–Kier alpha value is -0.0800. The molecule has 2 fully saturated rings. The topological polar surface area (TPSA) is 38.0 Å². The molecule has 0 saturated heterocycles. The molecule has 2 atom stereocenters. The van der Waals surface area contributed by atoms with Crippen molar-refractivity contribution in [1.82, 2.24) is 5.32 Å². The van der Waals surface area contributed by atoms with E-state index in [-0.39, 0.29) is 0 Å². The summed E-state index contributed by atoms with van der Waals surface area (Å²) in [7, 11) is 0. The average molecular weight is 154 g/mol. The molecule has 0 bridgehead atoms. The zero-order chi connectivity index (χ0) is 7.68. The van der Waals surface area contributed by atoms with Gasteiger partial charge in [0.05, 0.1) is 0 Å².